The number of hydrogen-bond donors (Lipinski definition) is 0. The van der Waals surface area contributed by atoms with Crippen LogP contribution in [-0.4, -0.2) is 30.2 Å². The Morgan fingerprint density at radius 2 is 2.06 bits per heavy atom. The van der Waals surface area contributed by atoms with Crippen LogP contribution in [0.25, 0.3) is 0 Å². The van der Waals surface area contributed by atoms with E-state index in [9.17, 15) is 14.9 Å². The normalized spacial score (nSPS) is 12.5. The minimum absolute atomic E-state index is 0.000553. The summed E-state index contributed by atoms with van der Waals surface area (Å²) in [6, 6.07) is 0. The Morgan fingerprint density at radius 1 is 1.44 bits per heavy atom. The summed E-state index contributed by atoms with van der Waals surface area (Å²) in [4.78, 5) is 25.7. The molecular formula is C10H19NO5. The lowest BCUT2D eigenvalue weighted by molar-refractivity contribution is -0.769. The van der Waals surface area contributed by atoms with Gasteiger partial charge in [0.2, 0.25) is 0 Å². The fourth-order valence-electron chi connectivity index (χ4n) is 1.02. The van der Waals surface area contributed by atoms with E-state index in [4.69, 9.17) is 4.74 Å². The molecule has 94 valence electrons. The first-order chi connectivity index (χ1) is 7.47. The molecule has 0 fully saturated rings. The molecule has 0 aromatic carbocycles. The number of rotatable bonds is 9. The van der Waals surface area contributed by atoms with Crippen LogP contribution in [0.15, 0.2) is 0 Å². The maximum atomic E-state index is 11.2. The van der Waals surface area contributed by atoms with E-state index in [1.54, 1.807) is 6.92 Å². The molecule has 0 bridgehead atoms. The van der Waals surface area contributed by atoms with Crippen LogP contribution in [0.4, 0.5) is 0 Å². The van der Waals surface area contributed by atoms with E-state index in [0.717, 1.165) is 0 Å². The van der Waals surface area contributed by atoms with Crippen LogP contribution in [0.3, 0.4) is 0 Å². The molecule has 0 amide bonds. The maximum absolute atomic E-state index is 11.2. The van der Waals surface area contributed by atoms with Crippen LogP contribution in [0.5, 0.6) is 0 Å². The van der Waals surface area contributed by atoms with Crippen molar-refractivity contribution in [3.8, 4) is 0 Å². The van der Waals surface area contributed by atoms with Crippen molar-refractivity contribution in [3.63, 3.8) is 0 Å². The summed E-state index contributed by atoms with van der Waals surface area (Å²) >= 11 is 0. The molecule has 0 aliphatic carbocycles. The average molecular weight is 233 g/mol. The van der Waals surface area contributed by atoms with E-state index >= 15 is 0 Å². The summed E-state index contributed by atoms with van der Waals surface area (Å²) in [5.74, 6) is 0.129. The molecule has 0 spiro atoms. The van der Waals surface area contributed by atoms with Crippen LogP contribution in [-0.2, 0) is 14.4 Å². The van der Waals surface area contributed by atoms with E-state index in [2.05, 4.69) is 4.84 Å². The highest BCUT2D eigenvalue weighted by atomic mass is 17.0. The van der Waals surface area contributed by atoms with Gasteiger partial charge in [0.25, 0.3) is 5.09 Å². The largest absolute Gasteiger partial charge is 0.379 e. The van der Waals surface area contributed by atoms with Crippen molar-refractivity contribution >= 4 is 5.78 Å². The van der Waals surface area contributed by atoms with Gasteiger partial charge >= 0.3 is 0 Å². The maximum Gasteiger partial charge on any atom is 0.294 e. The minimum atomic E-state index is -0.823. The number of Topliss-reactive ketones (excluding diaryl/α,β-unsaturated/α-hetero) is 1. The Morgan fingerprint density at radius 3 is 2.50 bits per heavy atom. The summed E-state index contributed by atoms with van der Waals surface area (Å²) in [6.45, 7) is 5.86. The van der Waals surface area contributed by atoms with Crippen molar-refractivity contribution in [1.29, 1.82) is 0 Å². The minimum Gasteiger partial charge on any atom is -0.379 e. The molecule has 0 saturated heterocycles. The first-order valence-electron chi connectivity index (χ1n) is 5.39. The molecule has 0 aliphatic heterocycles. The third-order valence-corrected chi connectivity index (χ3v) is 2.13. The second kappa shape index (κ2) is 8.04. The Labute approximate surface area is 95.0 Å². The van der Waals surface area contributed by atoms with Crippen molar-refractivity contribution < 1.29 is 19.5 Å². The number of ether oxygens (including phenoxy) is 1. The Bertz CT molecular complexity index is 229. The van der Waals surface area contributed by atoms with E-state index in [-0.39, 0.29) is 24.9 Å². The van der Waals surface area contributed by atoms with Crippen molar-refractivity contribution in [1.82, 2.24) is 0 Å². The molecule has 1 unspecified atom stereocenters. The fourth-order valence-corrected chi connectivity index (χ4v) is 1.02. The predicted molar refractivity (Wildman–Crippen MR) is 57.4 cm³/mol. The van der Waals surface area contributed by atoms with E-state index in [1.807, 2.05) is 13.8 Å². The standard InChI is InChI=1S/C10H19NO5/c1-4-9(16-11(13)14)7-15-6-5-10(12)8(2)3/h8-9H,4-7H2,1-3H3. The van der Waals surface area contributed by atoms with E-state index in [0.29, 0.717) is 12.8 Å². The van der Waals surface area contributed by atoms with Gasteiger partial charge in [-0.1, -0.05) is 20.8 Å². The average Bonchev–Trinajstić information content (AvgIpc) is 2.21. The third-order valence-electron chi connectivity index (χ3n) is 2.13. The number of nitrogens with zero attached hydrogens (tertiary/aromatic N) is 1. The third kappa shape index (κ3) is 7.17. The molecular weight excluding hydrogens is 214 g/mol. The van der Waals surface area contributed by atoms with E-state index < -0.39 is 11.2 Å². The van der Waals surface area contributed by atoms with Gasteiger partial charge in [0, 0.05) is 12.3 Å². The Balaban J connectivity index is 3.63. The highest BCUT2D eigenvalue weighted by Crippen LogP contribution is 2.02. The SMILES string of the molecule is CCC(COCCC(=O)C(C)C)O[N+](=O)[O-]. The lowest BCUT2D eigenvalue weighted by Crippen LogP contribution is -2.23. The van der Waals surface area contributed by atoms with Gasteiger partial charge in [0.05, 0.1) is 13.2 Å². The fraction of sp³-hybridized carbons (Fsp3) is 0.900. The monoisotopic (exact) mass is 233 g/mol. The second-order valence-corrected chi connectivity index (χ2v) is 3.81. The van der Waals surface area contributed by atoms with Gasteiger partial charge in [0.1, 0.15) is 11.9 Å². The van der Waals surface area contributed by atoms with Crippen molar-refractivity contribution in [2.75, 3.05) is 13.2 Å². The lowest BCUT2D eigenvalue weighted by atomic mass is 10.1. The molecule has 0 aromatic rings. The zero-order valence-corrected chi connectivity index (χ0v) is 9.97. The molecule has 0 saturated carbocycles. The smallest absolute Gasteiger partial charge is 0.294 e. The Kier molecular flexibility index (Phi) is 7.45. The summed E-state index contributed by atoms with van der Waals surface area (Å²) in [5, 5.41) is 9.25. The van der Waals surface area contributed by atoms with Gasteiger partial charge < -0.3 is 9.57 Å². The van der Waals surface area contributed by atoms with Crippen LogP contribution in [0.1, 0.15) is 33.6 Å². The summed E-state index contributed by atoms with van der Waals surface area (Å²) in [6.07, 6.45) is 0.287. The topological polar surface area (TPSA) is 78.7 Å². The molecule has 6 heteroatoms. The van der Waals surface area contributed by atoms with Crippen LogP contribution >= 0.6 is 0 Å². The lowest BCUT2D eigenvalue weighted by Gasteiger charge is -2.12. The summed E-state index contributed by atoms with van der Waals surface area (Å²) in [7, 11) is 0. The molecule has 0 heterocycles. The Hall–Kier alpha value is -1.17. The number of carbonyl (C=O) groups excluding carboxylic acids is 1. The van der Waals surface area contributed by atoms with Crippen LogP contribution < -0.4 is 0 Å². The zero-order valence-electron chi connectivity index (χ0n) is 9.97. The van der Waals surface area contributed by atoms with Gasteiger partial charge in [-0.25, -0.2) is 0 Å². The van der Waals surface area contributed by atoms with Crippen molar-refractivity contribution in [2.45, 2.75) is 39.7 Å². The van der Waals surface area contributed by atoms with Crippen molar-refractivity contribution in [3.05, 3.63) is 10.1 Å². The molecule has 6 nitrogen and oxygen atoms in total. The second-order valence-electron chi connectivity index (χ2n) is 3.81. The van der Waals surface area contributed by atoms with Gasteiger partial charge in [-0.05, 0) is 6.42 Å². The summed E-state index contributed by atoms with van der Waals surface area (Å²) < 4.78 is 5.16. The summed E-state index contributed by atoms with van der Waals surface area (Å²) in [5.41, 5.74) is 0. The quantitative estimate of drug-likeness (QED) is 0.343. The highest BCUT2D eigenvalue weighted by molar-refractivity contribution is 5.80. The van der Waals surface area contributed by atoms with Gasteiger partial charge in [0.15, 0.2) is 0 Å². The van der Waals surface area contributed by atoms with Crippen molar-refractivity contribution in [2.24, 2.45) is 5.92 Å². The highest BCUT2D eigenvalue weighted by Gasteiger charge is 2.12. The van der Waals surface area contributed by atoms with Crippen LogP contribution in [0, 0.1) is 16.0 Å². The molecule has 0 aliphatic rings. The molecule has 1 atom stereocenters. The van der Waals surface area contributed by atoms with Gasteiger partial charge in [-0.3, -0.25) is 4.79 Å². The van der Waals surface area contributed by atoms with E-state index in [1.165, 1.54) is 0 Å². The number of hydrogen-bond acceptors (Lipinski definition) is 5. The molecule has 0 N–H and O–H groups in total. The molecule has 0 radical (unpaired) electrons. The molecule has 0 aromatic heterocycles. The predicted octanol–water partition coefficient (Wildman–Crippen LogP) is 1.61. The zero-order chi connectivity index (χ0) is 12.6. The van der Waals surface area contributed by atoms with Crippen LogP contribution in [0.2, 0.25) is 0 Å². The number of carbonyl (C=O) groups is 1. The first kappa shape index (κ1) is 14.8. The number of ketones is 1. The van der Waals surface area contributed by atoms with Gasteiger partial charge in [-0.15, -0.1) is 10.1 Å². The molecule has 16 heavy (non-hydrogen) atoms. The first-order valence-corrected chi connectivity index (χ1v) is 5.39. The van der Waals surface area contributed by atoms with Gasteiger partial charge in [-0.2, -0.15) is 0 Å². The molecule has 0 rings (SSSR count).